The quantitative estimate of drug-likeness (QED) is 0.842. The van der Waals surface area contributed by atoms with Crippen LogP contribution in [0, 0.1) is 6.92 Å². The molecule has 0 saturated carbocycles. The molecule has 0 aliphatic heterocycles. The lowest BCUT2D eigenvalue weighted by atomic mass is 10.2. The van der Waals surface area contributed by atoms with Crippen LogP contribution in [0.25, 0.3) is 0 Å². The Morgan fingerprint density at radius 3 is 2.71 bits per heavy atom. The van der Waals surface area contributed by atoms with Crippen LogP contribution in [0.1, 0.15) is 16.3 Å². The first kappa shape index (κ1) is 16.4. The highest BCUT2D eigenvalue weighted by Crippen LogP contribution is 2.23. The second-order valence-electron chi connectivity index (χ2n) is 4.48. The number of sulfonamides is 1. The third-order valence-electron chi connectivity index (χ3n) is 2.78. The number of rotatable bonds is 6. The van der Waals surface area contributed by atoms with Crippen LogP contribution in [0.3, 0.4) is 0 Å². The van der Waals surface area contributed by atoms with Gasteiger partial charge < -0.3 is 5.32 Å². The molecule has 0 bridgehead atoms. The monoisotopic (exact) mass is 345 g/mol. The van der Waals surface area contributed by atoms with Crippen LogP contribution in [-0.2, 0) is 23.1 Å². The number of halogens is 1. The summed E-state index contributed by atoms with van der Waals surface area (Å²) in [5.74, 6) is 0. The van der Waals surface area contributed by atoms with Gasteiger partial charge in [-0.2, -0.15) is 0 Å². The summed E-state index contributed by atoms with van der Waals surface area (Å²) in [6.07, 6.45) is 0. The summed E-state index contributed by atoms with van der Waals surface area (Å²) < 4.78 is 27.2. The van der Waals surface area contributed by atoms with E-state index in [2.05, 4.69) is 15.0 Å². The molecule has 0 spiro atoms. The first-order valence-electron chi connectivity index (χ1n) is 6.26. The molecule has 0 aliphatic carbocycles. The van der Waals surface area contributed by atoms with Crippen LogP contribution >= 0.6 is 22.9 Å². The van der Waals surface area contributed by atoms with Gasteiger partial charge in [0.15, 0.2) is 0 Å². The molecule has 0 unspecified atom stereocenters. The summed E-state index contributed by atoms with van der Waals surface area (Å²) in [5.41, 5.74) is 1.55. The maximum Gasteiger partial charge on any atom is 0.242 e. The largest absolute Gasteiger partial charge is 0.316 e. The first-order chi connectivity index (χ1) is 9.92. The van der Waals surface area contributed by atoms with Crippen LogP contribution in [0.15, 0.2) is 28.5 Å². The third-order valence-corrected chi connectivity index (χ3v) is 5.48. The summed E-state index contributed by atoms with van der Waals surface area (Å²) in [4.78, 5) is 4.31. The van der Waals surface area contributed by atoms with Crippen molar-refractivity contribution < 1.29 is 8.42 Å². The molecule has 2 rings (SSSR count). The Morgan fingerprint density at radius 1 is 1.33 bits per heavy atom. The topological polar surface area (TPSA) is 71.1 Å². The number of thiazole rings is 1. The van der Waals surface area contributed by atoms with E-state index < -0.39 is 10.0 Å². The number of hydrogen-bond donors (Lipinski definition) is 2. The Kier molecular flexibility index (Phi) is 5.34. The zero-order valence-corrected chi connectivity index (χ0v) is 14.1. The number of benzene rings is 1. The standard InChI is InChI=1S/C13H16ClN3O2S2/c1-9-17-11(8-20-9)7-16-21(18,19)13-5-10(6-15-2)3-4-12(13)14/h3-5,8,15-16H,6-7H2,1-2H3. The van der Waals surface area contributed by atoms with Crippen molar-refractivity contribution in [3.63, 3.8) is 0 Å². The van der Waals surface area contributed by atoms with Crippen LogP contribution in [-0.4, -0.2) is 20.4 Å². The van der Waals surface area contributed by atoms with Gasteiger partial charge in [-0.1, -0.05) is 17.7 Å². The molecule has 2 aromatic rings. The van der Waals surface area contributed by atoms with Gasteiger partial charge in [-0.15, -0.1) is 11.3 Å². The Balaban J connectivity index is 2.20. The van der Waals surface area contributed by atoms with Gasteiger partial charge in [-0.3, -0.25) is 0 Å². The number of nitrogens with one attached hydrogen (secondary N) is 2. The summed E-state index contributed by atoms with van der Waals surface area (Å²) in [7, 11) is -1.87. The highest BCUT2D eigenvalue weighted by molar-refractivity contribution is 7.89. The summed E-state index contributed by atoms with van der Waals surface area (Å²) >= 11 is 7.50. The van der Waals surface area contributed by atoms with Gasteiger partial charge in [0.05, 0.1) is 22.3 Å². The fraction of sp³-hybridized carbons (Fsp3) is 0.308. The molecule has 0 radical (unpaired) electrons. The van der Waals surface area contributed by atoms with E-state index in [1.54, 1.807) is 25.2 Å². The Morgan fingerprint density at radius 2 is 2.10 bits per heavy atom. The molecular weight excluding hydrogens is 330 g/mol. The van der Waals surface area contributed by atoms with Crippen molar-refractivity contribution in [2.24, 2.45) is 0 Å². The average Bonchev–Trinajstić information content (AvgIpc) is 2.85. The highest BCUT2D eigenvalue weighted by Gasteiger charge is 2.18. The van der Waals surface area contributed by atoms with Gasteiger partial charge in [0.1, 0.15) is 4.90 Å². The van der Waals surface area contributed by atoms with E-state index in [0.29, 0.717) is 12.2 Å². The zero-order valence-electron chi connectivity index (χ0n) is 11.7. The van der Waals surface area contributed by atoms with Gasteiger partial charge in [0, 0.05) is 11.9 Å². The van der Waals surface area contributed by atoms with E-state index in [1.807, 2.05) is 12.3 Å². The van der Waals surface area contributed by atoms with E-state index in [0.717, 1.165) is 10.6 Å². The normalized spacial score (nSPS) is 11.8. The Bertz CT molecular complexity index is 729. The van der Waals surface area contributed by atoms with E-state index in [1.165, 1.54) is 11.3 Å². The maximum atomic E-state index is 12.3. The molecule has 0 saturated heterocycles. The lowest BCUT2D eigenvalue weighted by Gasteiger charge is -2.09. The molecule has 1 heterocycles. The smallest absolute Gasteiger partial charge is 0.242 e. The fourth-order valence-electron chi connectivity index (χ4n) is 1.80. The molecule has 5 nitrogen and oxygen atoms in total. The minimum absolute atomic E-state index is 0.0869. The predicted octanol–water partition coefficient (Wildman–Crippen LogP) is 2.30. The van der Waals surface area contributed by atoms with Crippen LogP contribution < -0.4 is 10.0 Å². The minimum atomic E-state index is -3.67. The van der Waals surface area contributed by atoms with Crippen molar-refractivity contribution in [1.82, 2.24) is 15.0 Å². The second-order valence-corrected chi connectivity index (χ2v) is 7.68. The third kappa shape index (κ3) is 4.24. The van der Waals surface area contributed by atoms with Crippen LogP contribution in [0.4, 0.5) is 0 Å². The van der Waals surface area contributed by atoms with Crippen molar-refractivity contribution in [3.8, 4) is 0 Å². The molecule has 114 valence electrons. The van der Waals surface area contributed by atoms with Crippen molar-refractivity contribution in [1.29, 1.82) is 0 Å². The first-order valence-corrected chi connectivity index (χ1v) is 9.00. The SMILES string of the molecule is CNCc1ccc(Cl)c(S(=O)(=O)NCc2csc(C)n2)c1. The molecule has 0 aliphatic rings. The molecule has 2 N–H and O–H groups in total. The molecule has 0 atom stereocenters. The van der Waals surface area contributed by atoms with E-state index in [9.17, 15) is 8.42 Å². The summed E-state index contributed by atoms with van der Waals surface area (Å²) in [6, 6.07) is 4.96. The number of aromatic nitrogens is 1. The fourth-order valence-corrected chi connectivity index (χ4v) is 3.96. The predicted molar refractivity (Wildman–Crippen MR) is 85.1 cm³/mol. The van der Waals surface area contributed by atoms with Gasteiger partial charge in [-0.05, 0) is 31.7 Å². The summed E-state index contributed by atoms with van der Waals surface area (Å²) in [5, 5.41) is 5.91. The molecule has 1 aromatic heterocycles. The number of hydrogen-bond acceptors (Lipinski definition) is 5. The van der Waals surface area contributed by atoms with E-state index in [-0.39, 0.29) is 16.5 Å². The highest BCUT2D eigenvalue weighted by atomic mass is 35.5. The van der Waals surface area contributed by atoms with E-state index >= 15 is 0 Å². The molecule has 0 amide bonds. The maximum absolute atomic E-state index is 12.3. The Labute approximate surface area is 133 Å². The van der Waals surface area contributed by atoms with Crippen molar-refractivity contribution in [2.75, 3.05) is 7.05 Å². The second kappa shape index (κ2) is 6.85. The van der Waals surface area contributed by atoms with Gasteiger partial charge in [0.2, 0.25) is 10.0 Å². The summed E-state index contributed by atoms with van der Waals surface area (Å²) in [6.45, 7) is 2.60. The van der Waals surface area contributed by atoms with Gasteiger partial charge >= 0.3 is 0 Å². The lowest BCUT2D eigenvalue weighted by Crippen LogP contribution is -2.24. The van der Waals surface area contributed by atoms with Crippen molar-refractivity contribution in [2.45, 2.75) is 24.9 Å². The van der Waals surface area contributed by atoms with Crippen LogP contribution in [0.2, 0.25) is 5.02 Å². The van der Waals surface area contributed by atoms with Gasteiger partial charge in [0.25, 0.3) is 0 Å². The van der Waals surface area contributed by atoms with Crippen molar-refractivity contribution in [3.05, 3.63) is 44.9 Å². The van der Waals surface area contributed by atoms with Gasteiger partial charge in [-0.25, -0.2) is 18.1 Å². The van der Waals surface area contributed by atoms with Crippen molar-refractivity contribution >= 4 is 33.0 Å². The lowest BCUT2D eigenvalue weighted by molar-refractivity contribution is 0.580. The van der Waals surface area contributed by atoms with Crippen LogP contribution in [0.5, 0.6) is 0 Å². The minimum Gasteiger partial charge on any atom is -0.316 e. The zero-order chi connectivity index (χ0) is 15.5. The molecule has 21 heavy (non-hydrogen) atoms. The average molecular weight is 346 g/mol. The molecule has 0 fully saturated rings. The van der Waals surface area contributed by atoms with E-state index in [4.69, 9.17) is 11.6 Å². The Hall–Kier alpha value is -0.990. The molecular formula is C13H16ClN3O2S2. The number of aryl methyl sites for hydroxylation is 1. The number of nitrogens with zero attached hydrogens (tertiary/aromatic N) is 1. The molecule has 8 heteroatoms. The molecule has 1 aromatic carbocycles.